The van der Waals surface area contributed by atoms with E-state index in [1.54, 1.807) is 14.0 Å². The number of methoxy groups -OCH3 is 1. The number of nitriles is 1. The largest absolute Gasteiger partial charge is 0.393 e. The lowest BCUT2D eigenvalue weighted by Crippen LogP contribution is -2.10. The molecule has 0 spiro atoms. The third-order valence-electron chi connectivity index (χ3n) is 2.70. The molecule has 100 valence electrons. The zero-order valence-corrected chi connectivity index (χ0v) is 11.0. The van der Waals surface area contributed by atoms with Gasteiger partial charge in [0.15, 0.2) is 0 Å². The fourth-order valence-corrected chi connectivity index (χ4v) is 1.77. The van der Waals surface area contributed by atoms with E-state index in [0.717, 1.165) is 24.2 Å². The third-order valence-corrected chi connectivity index (χ3v) is 2.70. The Kier molecular flexibility index (Phi) is 6.33. The minimum absolute atomic E-state index is 0.273. The lowest BCUT2D eigenvalue weighted by molar-refractivity contribution is 0.178. The van der Waals surface area contributed by atoms with E-state index in [1.165, 1.54) is 0 Å². The fraction of sp³-hybridized carbons (Fsp3) is 0.750. The van der Waals surface area contributed by atoms with Crippen LogP contribution < -0.4 is 0 Å². The van der Waals surface area contributed by atoms with E-state index in [-0.39, 0.29) is 12.5 Å². The third kappa shape index (κ3) is 4.43. The number of aromatic nitrogens is 3. The standard InChI is InChI=1S/C12H20N4O2/c1-10(17)4-3-8-16-12(6-9-18-2)11(5-7-13)14-15-16/h10,17H,3-6,8-9H2,1-2H3. The van der Waals surface area contributed by atoms with Gasteiger partial charge in [-0.15, -0.1) is 5.10 Å². The average molecular weight is 252 g/mol. The molecular weight excluding hydrogens is 232 g/mol. The van der Waals surface area contributed by atoms with Crippen molar-refractivity contribution in [2.24, 2.45) is 0 Å². The maximum Gasteiger partial charge on any atom is 0.100 e. The quantitative estimate of drug-likeness (QED) is 0.736. The molecule has 1 N–H and O–H groups in total. The highest BCUT2D eigenvalue weighted by molar-refractivity contribution is 5.14. The Bertz CT molecular complexity index is 395. The molecule has 1 unspecified atom stereocenters. The first-order valence-electron chi connectivity index (χ1n) is 6.14. The molecule has 0 radical (unpaired) electrons. The molecule has 1 rings (SSSR count). The van der Waals surface area contributed by atoms with Gasteiger partial charge in [0.1, 0.15) is 5.69 Å². The molecule has 0 aliphatic heterocycles. The molecule has 1 atom stereocenters. The van der Waals surface area contributed by atoms with Gasteiger partial charge in [0.2, 0.25) is 0 Å². The number of hydrogen-bond acceptors (Lipinski definition) is 5. The van der Waals surface area contributed by atoms with Gasteiger partial charge in [-0.1, -0.05) is 5.21 Å². The maximum absolute atomic E-state index is 9.22. The Balaban J connectivity index is 2.67. The molecule has 0 saturated carbocycles. The van der Waals surface area contributed by atoms with Gasteiger partial charge in [0, 0.05) is 20.1 Å². The van der Waals surface area contributed by atoms with E-state index < -0.39 is 0 Å². The Hall–Kier alpha value is -1.45. The molecule has 0 saturated heterocycles. The van der Waals surface area contributed by atoms with Crippen LogP contribution in [-0.2, 0) is 24.1 Å². The number of aliphatic hydroxyl groups excluding tert-OH is 1. The summed E-state index contributed by atoms with van der Waals surface area (Å²) in [7, 11) is 1.64. The highest BCUT2D eigenvalue weighted by atomic mass is 16.5. The van der Waals surface area contributed by atoms with Crippen LogP contribution in [0.5, 0.6) is 0 Å². The first kappa shape index (κ1) is 14.6. The minimum Gasteiger partial charge on any atom is -0.393 e. The SMILES string of the molecule is COCCc1c(CC#N)nnn1CCCC(C)O. The number of aliphatic hydroxyl groups is 1. The Morgan fingerprint density at radius 1 is 1.56 bits per heavy atom. The number of aryl methyl sites for hydroxylation is 1. The van der Waals surface area contributed by atoms with Crippen molar-refractivity contribution in [3.05, 3.63) is 11.4 Å². The van der Waals surface area contributed by atoms with Gasteiger partial charge >= 0.3 is 0 Å². The van der Waals surface area contributed by atoms with Gasteiger partial charge < -0.3 is 9.84 Å². The van der Waals surface area contributed by atoms with E-state index in [9.17, 15) is 5.11 Å². The molecule has 0 amide bonds. The number of rotatable bonds is 8. The minimum atomic E-state index is -0.297. The van der Waals surface area contributed by atoms with Crippen molar-refractivity contribution in [2.45, 2.75) is 45.3 Å². The molecule has 1 aromatic rings. The Morgan fingerprint density at radius 2 is 2.33 bits per heavy atom. The van der Waals surface area contributed by atoms with Crippen LogP contribution in [0.1, 0.15) is 31.2 Å². The normalized spacial score (nSPS) is 12.3. The second-order valence-electron chi connectivity index (χ2n) is 4.27. The van der Waals surface area contributed by atoms with Gasteiger partial charge in [-0.05, 0) is 19.8 Å². The summed E-state index contributed by atoms with van der Waals surface area (Å²) in [6.07, 6.45) is 2.25. The second-order valence-corrected chi connectivity index (χ2v) is 4.27. The van der Waals surface area contributed by atoms with Crippen LogP contribution in [0.3, 0.4) is 0 Å². The lowest BCUT2D eigenvalue weighted by Gasteiger charge is -2.08. The van der Waals surface area contributed by atoms with Gasteiger partial charge in [-0.2, -0.15) is 5.26 Å². The zero-order valence-electron chi connectivity index (χ0n) is 11.0. The fourth-order valence-electron chi connectivity index (χ4n) is 1.77. The van der Waals surface area contributed by atoms with Gasteiger partial charge in [0.05, 0.1) is 30.9 Å². The molecule has 0 aliphatic rings. The molecule has 18 heavy (non-hydrogen) atoms. The molecule has 0 bridgehead atoms. The first-order valence-corrected chi connectivity index (χ1v) is 6.14. The van der Waals surface area contributed by atoms with E-state index in [0.29, 0.717) is 19.6 Å². The van der Waals surface area contributed by atoms with Crippen molar-refractivity contribution in [1.82, 2.24) is 15.0 Å². The maximum atomic E-state index is 9.22. The molecular formula is C12H20N4O2. The summed E-state index contributed by atoms with van der Waals surface area (Å²) in [6, 6.07) is 2.09. The predicted molar refractivity (Wildman–Crippen MR) is 65.8 cm³/mol. The van der Waals surface area contributed by atoms with Crippen LogP contribution in [-0.4, -0.2) is 39.9 Å². The summed E-state index contributed by atoms with van der Waals surface area (Å²) in [5, 5.41) is 26.1. The van der Waals surface area contributed by atoms with Crippen LogP contribution in [0, 0.1) is 11.3 Å². The summed E-state index contributed by atoms with van der Waals surface area (Å²) in [5.41, 5.74) is 1.69. The van der Waals surface area contributed by atoms with Crippen molar-refractivity contribution < 1.29 is 9.84 Å². The smallest absolute Gasteiger partial charge is 0.100 e. The molecule has 0 aliphatic carbocycles. The number of ether oxygens (including phenoxy) is 1. The van der Waals surface area contributed by atoms with E-state index in [2.05, 4.69) is 16.4 Å². The van der Waals surface area contributed by atoms with Crippen LogP contribution in [0.15, 0.2) is 0 Å². The van der Waals surface area contributed by atoms with Gasteiger partial charge in [-0.3, -0.25) is 0 Å². The van der Waals surface area contributed by atoms with Crippen molar-refractivity contribution in [3.8, 4) is 6.07 Å². The van der Waals surface area contributed by atoms with Crippen LogP contribution >= 0.6 is 0 Å². The van der Waals surface area contributed by atoms with Crippen molar-refractivity contribution in [2.75, 3.05) is 13.7 Å². The summed E-state index contributed by atoms with van der Waals surface area (Å²) in [4.78, 5) is 0. The number of nitrogens with zero attached hydrogens (tertiary/aromatic N) is 4. The monoisotopic (exact) mass is 252 g/mol. The average Bonchev–Trinajstić information content (AvgIpc) is 2.69. The highest BCUT2D eigenvalue weighted by Gasteiger charge is 2.12. The summed E-state index contributed by atoms with van der Waals surface area (Å²) < 4.78 is 6.87. The molecule has 1 heterocycles. The van der Waals surface area contributed by atoms with Crippen LogP contribution in [0.2, 0.25) is 0 Å². The molecule has 6 nitrogen and oxygen atoms in total. The molecule has 0 fully saturated rings. The number of hydrogen-bond donors (Lipinski definition) is 1. The topological polar surface area (TPSA) is 84.0 Å². The van der Waals surface area contributed by atoms with Gasteiger partial charge in [0.25, 0.3) is 0 Å². The Morgan fingerprint density at radius 3 is 2.94 bits per heavy atom. The summed E-state index contributed by atoms with van der Waals surface area (Å²) >= 11 is 0. The van der Waals surface area contributed by atoms with Crippen molar-refractivity contribution >= 4 is 0 Å². The van der Waals surface area contributed by atoms with Crippen LogP contribution in [0.25, 0.3) is 0 Å². The molecule has 1 aromatic heterocycles. The first-order chi connectivity index (χ1) is 8.69. The Labute approximate surface area is 107 Å². The van der Waals surface area contributed by atoms with Crippen molar-refractivity contribution in [1.29, 1.82) is 5.26 Å². The van der Waals surface area contributed by atoms with Crippen LogP contribution in [0.4, 0.5) is 0 Å². The van der Waals surface area contributed by atoms with Gasteiger partial charge in [-0.25, -0.2) is 4.68 Å². The molecule has 6 heteroatoms. The van der Waals surface area contributed by atoms with Crippen molar-refractivity contribution in [3.63, 3.8) is 0 Å². The second kappa shape index (κ2) is 7.80. The lowest BCUT2D eigenvalue weighted by atomic mass is 10.2. The predicted octanol–water partition coefficient (Wildman–Crippen LogP) is 0.694. The summed E-state index contributed by atoms with van der Waals surface area (Å²) in [5.74, 6) is 0. The molecule has 0 aromatic carbocycles. The van der Waals surface area contributed by atoms with E-state index >= 15 is 0 Å². The van der Waals surface area contributed by atoms with E-state index in [1.807, 2.05) is 4.68 Å². The van der Waals surface area contributed by atoms with E-state index in [4.69, 9.17) is 10.00 Å². The highest BCUT2D eigenvalue weighted by Crippen LogP contribution is 2.09. The zero-order chi connectivity index (χ0) is 13.4. The summed E-state index contributed by atoms with van der Waals surface area (Å²) in [6.45, 7) is 3.07.